The molecule has 6 atom stereocenters. The Balaban J connectivity index is 1.40. The summed E-state index contributed by atoms with van der Waals surface area (Å²) in [5.74, 6) is 4.88. The van der Waals surface area contributed by atoms with Gasteiger partial charge >= 0.3 is 5.97 Å². The molecule has 0 aromatic carbocycles. The fraction of sp³-hybridized carbons (Fsp3) is 0.962. The van der Waals surface area contributed by atoms with Crippen molar-refractivity contribution in [3.8, 4) is 0 Å². The van der Waals surface area contributed by atoms with E-state index >= 15 is 0 Å². The van der Waals surface area contributed by atoms with Gasteiger partial charge in [-0.05, 0) is 81.0 Å². The third-order valence-corrected chi connectivity index (χ3v) is 8.35. The average molecular weight is 391 g/mol. The third kappa shape index (κ3) is 6.23. The Hall–Kier alpha value is -0.530. The van der Waals surface area contributed by atoms with Gasteiger partial charge in [0, 0.05) is 6.42 Å². The molecule has 28 heavy (non-hydrogen) atoms. The third-order valence-electron chi connectivity index (χ3n) is 8.35. The molecule has 0 saturated heterocycles. The summed E-state index contributed by atoms with van der Waals surface area (Å²) in [5.41, 5.74) is 0. The number of fused-ring (bicyclic) bond motifs is 3. The summed E-state index contributed by atoms with van der Waals surface area (Å²) in [6, 6.07) is 0. The van der Waals surface area contributed by atoms with E-state index in [0.29, 0.717) is 6.42 Å². The summed E-state index contributed by atoms with van der Waals surface area (Å²) in [5, 5.41) is 0. The molecule has 0 radical (unpaired) electrons. The van der Waals surface area contributed by atoms with Crippen molar-refractivity contribution in [3.63, 3.8) is 0 Å². The van der Waals surface area contributed by atoms with Crippen LogP contribution in [0.4, 0.5) is 0 Å². The standard InChI is InChI=1S/C26H46O2/c1-3-5-7-9-11-26(27)28-23-15-17-25-22(19-23)14-13-21-18-20(10-8-6-4-2)12-16-24(21)25/h20-25H,3-19H2,1-2H3/t20-,21?,22?,23-,24?,25?/m1/s1. The number of unbranched alkanes of at least 4 members (excludes halogenated alkanes) is 5. The topological polar surface area (TPSA) is 26.3 Å². The van der Waals surface area contributed by atoms with Crippen molar-refractivity contribution in [2.45, 2.75) is 129 Å². The summed E-state index contributed by atoms with van der Waals surface area (Å²) >= 11 is 0. The molecule has 0 aliphatic heterocycles. The quantitative estimate of drug-likeness (QED) is 0.282. The van der Waals surface area contributed by atoms with Gasteiger partial charge in [-0.1, -0.05) is 65.2 Å². The van der Waals surface area contributed by atoms with Crippen LogP contribution < -0.4 is 0 Å². The van der Waals surface area contributed by atoms with Crippen molar-refractivity contribution in [2.24, 2.45) is 29.6 Å². The van der Waals surface area contributed by atoms with Crippen molar-refractivity contribution in [3.05, 3.63) is 0 Å². The van der Waals surface area contributed by atoms with Crippen molar-refractivity contribution < 1.29 is 9.53 Å². The van der Waals surface area contributed by atoms with Crippen LogP contribution in [0.5, 0.6) is 0 Å². The fourth-order valence-corrected chi connectivity index (χ4v) is 6.84. The van der Waals surface area contributed by atoms with E-state index in [1.807, 2.05) is 0 Å². The molecular weight excluding hydrogens is 344 g/mol. The molecule has 3 saturated carbocycles. The highest BCUT2D eigenvalue weighted by molar-refractivity contribution is 5.69. The highest BCUT2D eigenvalue weighted by atomic mass is 16.5. The van der Waals surface area contributed by atoms with Crippen LogP contribution >= 0.6 is 0 Å². The predicted molar refractivity (Wildman–Crippen MR) is 117 cm³/mol. The first-order valence-corrected chi connectivity index (χ1v) is 12.9. The van der Waals surface area contributed by atoms with Crippen LogP contribution in [0.25, 0.3) is 0 Å². The maximum Gasteiger partial charge on any atom is 0.306 e. The van der Waals surface area contributed by atoms with Crippen LogP contribution in [0.15, 0.2) is 0 Å². The Kier molecular flexibility index (Phi) is 9.18. The Morgan fingerprint density at radius 3 is 2.18 bits per heavy atom. The van der Waals surface area contributed by atoms with Gasteiger partial charge in [0.25, 0.3) is 0 Å². The Morgan fingerprint density at radius 1 is 0.750 bits per heavy atom. The molecule has 3 fully saturated rings. The largest absolute Gasteiger partial charge is 0.462 e. The Morgan fingerprint density at radius 2 is 1.43 bits per heavy atom. The number of esters is 1. The molecule has 3 aliphatic rings. The number of carbonyl (C=O) groups is 1. The summed E-state index contributed by atoms with van der Waals surface area (Å²) in [7, 11) is 0. The summed E-state index contributed by atoms with van der Waals surface area (Å²) in [6.45, 7) is 4.53. The smallest absolute Gasteiger partial charge is 0.306 e. The van der Waals surface area contributed by atoms with Crippen LogP contribution in [0.3, 0.4) is 0 Å². The lowest BCUT2D eigenvalue weighted by atomic mass is 9.56. The molecule has 0 aromatic rings. The first kappa shape index (κ1) is 22.2. The number of hydrogen-bond acceptors (Lipinski definition) is 2. The average Bonchev–Trinajstić information content (AvgIpc) is 2.71. The SMILES string of the molecule is CCCCCCC(=O)O[C@@H]1CCC2C(CCC3C[C@H](CCCCC)CCC32)C1. The number of carbonyl (C=O) groups excluding carboxylic acids is 1. The molecule has 0 aromatic heterocycles. The summed E-state index contributed by atoms with van der Waals surface area (Å²) < 4.78 is 5.89. The summed E-state index contributed by atoms with van der Waals surface area (Å²) in [4.78, 5) is 12.2. The second-order valence-electron chi connectivity index (χ2n) is 10.3. The fourth-order valence-electron chi connectivity index (χ4n) is 6.84. The monoisotopic (exact) mass is 390 g/mol. The molecule has 162 valence electrons. The van der Waals surface area contributed by atoms with Crippen LogP contribution in [-0.4, -0.2) is 12.1 Å². The molecule has 0 N–H and O–H groups in total. The highest BCUT2D eigenvalue weighted by Crippen LogP contribution is 2.53. The lowest BCUT2D eigenvalue weighted by Gasteiger charge is -2.50. The van der Waals surface area contributed by atoms with Gasteiger partial charge < -0.3 is 4.74 Å². The summed E-state index contributed by atoms with van der Waals surface area (Å²) in [6.07, 6.45) is 22.2. The van der Waals surface area contributed by atoms with E-state index in [9.17, 15) is 4.79 Å². The molecule has 2 nitrogen and oxygen atoms in total. The van der Waals surface area contributed by atoms with Gasteiger partial charge in [0.15, 0.2) is 0 Å². The number of ether oxygens (including phenoxy) is 1. The minimum Gasteiger partial charge on any atom is -0.462 e. The van der Waals surface area contributed by atoms with E-state index in [1.165, 1.54) is 83.5 Å². The molecule has 0 amide bonds. The number of hydrogen-bond donors (Lipinski definition) is 0. The molecule has 2 heteroatoms. The Bertz CT molecular complexity index is 459. The minimum atomic E-state index is 0.0702. The zero-order chi connectivity index (χ0) is 19.8. The molecule has 0 spiro atoms. The molecule has 0 bridgehead atoms. The van der Waals surface area contributed by atoms with Crippen molar-refractivity contribution in [1.82, 2.24) is 0 Å². The van der Waals surface area contributed by atoms with E-state index in [-0.39, 0.29) is 12.1 Å². The van der Waals surface area contributed by atoms with E-state index < -0.39 is 0 Å². The predicted octanol–water partition coefficient (Wildman–Crippen LogP) is 7.69. The van der Waals surface area contributed by atoms with E-state index in [1.54, 1.807) is 0 Å². The second-order valence-corrected chi connectivity index (χ2v) is 10.3. The van der Waals surface area contributed by atoms with Crippen molar-refractivity contribution >= 4 is 5.97 Å². The van der Waals surface area contributed by atoms with Gasteiger partial charge in [0.05, 0.1) is 0 Å². The van der Waals surface area contributed by atoms with Crippen LogP contribution in [-0.2, 0) is 9.53 Å². The maximum atomic E-state index is 12.2. The lowest BCUT2D eigenvalue weighted by Crippen LogP contribution is -2.43. The minimum absolute atomic E-state index is 0.0702. The molecule has 4 unspecified atom stereocenters. The zero-order valence-corrected chi connectivity index (χ0v) is 18.8. The van der Waals surface area contributed by atoms with Gasteiger partial charge in [-0.2, -0.15) is 0 Å². The maximum absolute atomic E-state index is 12.2. The molecule has 3 rings (SSSR count). The molecular formula is C26H46O2. The Labute approximate surface area is 174 Å². The zero-order valence-electron chi connectivity index (χ0n) is 18.8. The normalized spacial score (nSPS) is 35.1. The van der Waals surface area contributed by atoms with Crippen LogP contribution in [0, 0.1) is 29.6 Å². The van der Waals surface area contributed by atoms with Crippen LogP contribution in [0.1, 0.15) is 123 Å². The van der Waals surface area contributed by atoms with E-state index in [0.717, 1.165) is 48.9 Å². The van der Waals surface area contributed by atoms with Gasteiger partial charge in [0.2, 0.25) is 0 Å². The van der Waals surface area contributed by atoms with E-state index in [2.05, 4.69) is 13.8 Å². The van der Waals surface area contributed by atoms with Crippen molar-refractivity contribution in [1.29, 1.82) is 0 Å². The molecule has 3 aliphatic carbocycles. The van der Waals surface area contributed by atoms with Crippen molar-refractivity contribution in [2.75, 3.05) is 0 Å². The first-order valence-electron chi connectivity index (χ1n) is 12.9. The van der Waals surface area contributed by atoms with Gasteiger partial charge in [-0.15, -0.1) is 0 Å². The molecule has 0 heterocycles. The van der Waals surface area contributed by atoms with Crippen LogP contribution in [0.2, 0.25) is 0 Å². The van der Waals surface area contributed by atoms with E-state index in [4.69, 9.17) is 4.74 Å². The first-order chi connectivity index (χ1) is 13.7. The van der Waals surface area contributed by atoms with Gasteiger partial charge in [-0.25, -0.2) is 0 Å². The van der Waals surface area contributed by atoms with Gasteiger partial charge in [0.1, 0.15) is 6.10 Å². The second kappa shape index (κ2) is 11.6. The highest BCUT2D eigenvalue weighted by Gasteiger charge is 2.44. The lowest BCUT2D eigenvalue weighted by molar-refractivity contribution is -0.153. The van der Waals surface area contributed by atoms with Gasteiger partial charge in [-0.3, -0.25) is 4.79 Å². The number of rotatable bonds is 10.